The maximum absolute atomic E-state index is 6.10. The van der Waals surface area contributed by atoms with Crippen LogP contribution >= 0.6 is 0 Å². The Morgan fingerprint density at radius 1 is 0.423 bits per heavy atom. The SMILES string of the molecule is CCCCC(CC)CC1(CC(CC)CCCC)c2ccccc2-c2nc3c(nc21)-c1ccccc1C3(CC(CC)CCCC)CC(CC)CCCC. The third-order valence-corrected chi connectivity index (χ3v) is 13.9. The number of fused-ring (bicyclic) bond motifs is 6. The zero-order chi connectivity index (χ0) is 37.1. The summed E-state index contributed by atoms with van der Waals surface area (Å²) in [6.07, 6.45) is 25.3. The van der Waals surface area contributed by atoms with Crippen LogP contribution in [0.25, 0.3) is 22.5 Å². The van der Waals surface area contributed by atoms with E-state index in [2.05, 4.69) is 104 Å². The molecule has 4 unspecified atom stereocenters. The van der Waals surface area contributed by atoms with E-state index in [1.54, 1.807) is 0 Å². The molecule has 2 aromatic carbocycles. The van der Waals surface area contributed by atoms with Gasteiger partial charge in [0.1, 0.15) is 0 Å². The average Bonchev–Trinajstić information content (AvgIpc) is 3.60. The van der Waals surface area contributed by atoms with E-state index in [0.717, 1.165) is 0 Å². The average molecular weight is 705 g/mol. The minimum atomic E-state index is -0.0862. The Morgan fingerprint density at radius 2 is 0.712 bits per heavy atom. The van der Waals surface area contributed by atoms with Gasteiger partial charge in [0.25, 0.3) is 0 Å². The van der Waals surface area contributed by atoms with E-state index in [1.807, 2.05) is 0 Å². The van der Waals surface area contributed by atoms with E-state index in [1.165, 1.54) is 173 Å². The van der Waals surface area contributed by atoms with Gasteiger partial charge in [-0.05, 0) is 60.5 Å². The Labute approximate surface area is 320 Å². The van der Waals surface area contributed by atoms with Crippen molar-refractivity contribution in [2.75, 3.05) is 0 Å². The van der Waals surface area contributed by atoms with Crippen molar-refractivity contribution in [1.29, 1.82) is 0 Å². The summed E-state index contributed by atoms with van der Waals surface area (Å²) in [6, 6.07) is 19.0. The number of unbranched alkanes of at least 4 members (excludes halogenated alkanes) is 4. The third kappa shape index (κ3) is 8.27. The molecule has 0 saturated carbocycles. The maximum Gasteiger partial charge on any atom is 0.0934 e. The van der Waals surface area contributed by atoms with Crippen molar-refractivity contribution in [3.63, 3.8) is 0 Å². The first-order valence-corrected chi connectivity index (χ1v) is 22.5. The van der Waals surface area contributed by atoms with Gasteiger partial charge in [-0.3, -0.25) is 0 Å². The Hall–Kier alpha value is -2.48. The van der Waals surface area contributed by atoms with Gasteiger partial charge >= 0.3 is 0 Å². The fourth-order valence-corrected chi connectivity index (χ4v) is 10.7. The molecule has 0 bridgehead atoms. The summed E-state index contributed by atoms with van der Waals surface area (Å²) >= 11 is 0. The molecule has 4 atom stereocenters. The van der Waals surface area contributed by atoms with Gasteiger partial charge < -0.3 is 0 Å². The van der Waals surface area contributed by atoms with Gasteiger partial charge in [-0.15, -0.1) is 0 Å². The highest BCUT2D eigenvalue weighted by Gasteiger charge is 2.52. The number of nitrogens with zero attached hydrogens (tertiary/aromatic N) is 2. The van der Waals surface area contributed by atoms with E-state index >= 15 is 0 Å². The van der Waals surface area contributed by atoms with Gasteiger partial charge in [0, 0.05) is 22.0 Å². The first-order valence-electron chi connectivity index (χ1n) is 22.5. The van der Waals surface area contributed by atoms with Crippen LogP contribution in [0, 0.1) is 23.7 Å². The van der Waals surface area contributed by atoms with Gasteiger partial charge in [0.05, 0.1) is 22.8 Å². The molecule has 52 heavy (non-hydrogen) atoms. The highest BCUT2D eigenvalue weighted by Crippen LogP contribution is 2.60. The summed E-state index contributed by atoms with van der Waals surface area (Å²) in [6.45, 7) is 19.2. The second kappa shape index (κ2) is 19.2. The summed E-state index contributed by atoms with van der Waals surface area (Å²) in [5, 5.41) is 0. The summed E-state index contributed by atoms with van der Waals surface area (Å²) in [5.41, 5.74) is 10.7. The molecule has 0 amide bonds. The minimum Gasteiger partial charge on any atom is -0.248 e. The van der Waals surface area contributed by atoms with E-state index in [0.29, 0.717) is 23.7 Å². The van der Waals surface area contributed by atoms with Crippen LogP contribution in [0.3, 0.4) is 0 Å². The van der Waals surface area contributed by atoms with Crippen molar-refractivity contribution >= 4 is 0 Å². The lowest BCUT2D eigenvalue weighted by Gasteiger charge is -2.38. The zero-order valence-electron chi connectivity index (χ0n) is 35.0. The van der Waals surface area contributed by atoms with Crippen molar-refractivity contribution in [3.8, 4) is 22.5 Å². The van der Waals surface area contributed by atoms with Crippen LogP contribution < -0.4 is 0 Å². The smallest absolute Gasteiger partial charge is 0.0934 e. The molecule has 3 aromatic rings. The molecule has 1 heterocycles. The molecule has 0 spiro atoms. The van der Waals surface area contributed by atoms with Gasteiger partial charge in [0.15, 0.2) is 0 Å². The molecule has 286 valence electrons. The van der Waals surface area contributed by atoms with Crippen LogP contribution in [0.5, 0.6) is 0 Å². The van der Waals surface area contributed by atoms with E-state index < -0.39 is 0 Å². The number of hydrogen-bond acceptors (Lipinski definition) is 2. The molecular formula is C50H76N2. The van der Waals surface area contributed by atoms with Crippen LogP contribution in [0.2, 0.25) is 0 Å². The summed E-state index contributed by atoms with van der Waals surface area (Å²) in [5.74, 6) is 2.77. The van der Waals surface area contributed by atoms with Crippen molar-refractivity contribution in [2.24, 2.45) is 23.7 Å². The van der Waals surface area contributed by atoms with Gasteiger partial charge in [-0.2, -0.15) is 0 Å². The lowest BCUT2D eigenvalue weighted by atomic mass is 9.66. The molecule has 2 heteroatoms. The number of rotatable bonds is 24. The second-order valence-electron chi connectivity index (χ2n) is 17.4. The second-order valence-corrected chi connectivity index (χ2v) is 17.4. The highest BCUT2D eigenvalue weighted by atomic mass is 14.9. The highest BCUT2D eigenvalue weighted by molar-refractivity contribution is 5.83. The molecule has 5 rings (SSSR count). The minimum absolute atomic E-state index is 0.0862. The van der Waals surface area contributed by atoms with Crippen LogP contribution in [0.1, 0.15) is 206 Å². The Bertz CT molecular complexity index is 1380. The fourth-order valence-electron chi connectivity index (χ4n) is 10.7. The van der Waals surface area contributed by atoms with Crippen molar-refractivity contribution in [3.05, 3.63) is 71.0 Å². The molecule has 2 aliphatic rings. The molecule has 0 saturated heterocycles. The molecular weight excluding hydrogens is 629 g/mol. The molecule has 0 fully saturated rings. The lowest BCUT2D eigenvalue weighted by Crippen LogP contribution is -2.34. The third-order valence-electron chi connectivity index (χ3n) is 13.9. The van der Waals surface area contributed by atoms with E-state index in [-0.39, 0.29) is 10.8 Å². The predicted molar refractivity (Wildman–Crippen MR) is 226 cm³/mol. The maximum atomic E-state index is 6.10. The largest absolute Gasteiger partial charge is 0.248 e. The molecule has 0 aliphatic heterocycles. The zero-order valence-corrected chi connectivity index (χ0v) is 35.0. The summed E-state index contributed by atoms with van der Waals surface area (Å²) in [4.78, 5) is 12.2. The topological polar surface area (TPSA) is 25.8 Å². The lowest BCUT2D eigenvalue weighted by molar-refractivity contribution is 0.258. The molecule has 2 nitrogen and oxygen atoms in total. The van der Waals surface area contributed by atoms with Crippen molar-refractivity contribution in [1.82, 2.24) is 9.97 Å². The van der Waals surface area contributed by atoms with Crippen LogP contribution in [0.15, 0.2) is 48.5 Å². The fraction of sp³-hybridized carbons (Fsp3) is 0.680. The van der Waals surface area contributed by atoms with Crippen LogP contribution in [-0.4, -0.2) is 9.97 Å². The summed E-state index contributed by atoms with van der Waals surface area (Å²) in [7, 11) is 0. The summed E-state index contributed by atoms with van der Waals surface area (Å²) < 4.78 is 0. The van der Waals surface area contributed by atoms with Gasteiger partial charge in [0.2, 0.25) is 0 Å². The van der Waals surface area contributed by atoms with Crippen LogP contribution in [0.4, 0.5) is 0 Å². The quantitative estimate of drug-likeness (QED) is 0.0927. The Kier molecular flexibility index (Phi) is 15.0. The molecule has 2 aliphatic carbocycles. The van der Waals surface area contributed by atoms with E-state index in [9.17, 15) is 0 Å². The van der Waals surface area contributed by atoms with Crippen LogP contribution in [-0.2, 0) is 10.8 Å². The number of aromatic nitrogens is 2. The first-order chi connectivity index (χ1) is 25.4. The van der Waals surface area contributed by atoms with E-state index in [4.69, 9.17) is 9.97 Å². The predicted octanol–water partition coefficient (Wildman–Crippen LogP) is 15.4. The van der Waals surface area contributed by atoms with Gasteiger partial charge in [-0.25, -0.2) is 9.97 Å². The van der Waals surface area contributed by atoms with Crippen molar-refractivity contribution < 1.29 is 0 Å². The Morgan fingerprint density at radius 3 is 0.981 bits per heavy atom. The standard InChI is InChI=1S/C50H76N2/c1-9-17-25-37(13-5)33-49(34-38(14-6)26-18-10-2)43-31-23-21-29-41(43)45-47(49)51-46-42-30-22-24-32-44(42)50(48(46)52-45,35-39(15-7)27-19-11-3)36-40(16-8)28-20-12-4/h21-24,29-32,37-40H,9-20,25-28,33-36H2,1-8H3. The molecule has 0 N–H and O–H groups in total. The molecule has 0 radical (unpaired) electrons. The number of benzene rings is 2. The normalized spacial score (nSPS) is 20.9. The first kappa shape index (κ1) is 40.7. The van der Waals surface area contributed by atoms with Crippen molar-refractivity contribution in [2.45, 2.75) is 195 Å². The monoisotopic (exact) mass is 705 g/mol. The van der Waals surface area contributed by atoms with Gasteiger partial charge in [-0.1, -0.05) is 207 Å². The number of hydrogen-bond donors (Lipinski definition) is 0. The molecule has 1 aromatic heterocycles. The Balaban J connectivity index is 1.78.